The molecule has 3 nitrogen and oxygen atoms in total. The Morgan fingerprint density at radius 2 is 1.35 bits per heavy atom. The number of furan rings is 1. The molecular weight excluding hydrogens is 605 g/mol. The predicted octanol–water partition coefficient (Wildman–Crippen LogP) is 13.3. The number of pyridine rings is 1. The first-order valence-electron chi connectivity index (χ1n) is 16.1. The van der Waals surface area contributed by atoms with Crippen LogP contribution in [0.2, 0.25) is 0 Å². The second-order valence-corrected chi connectivity index (χ2v) is 13.0. The molecule has 0 radical (unpaired) electrons. The van der Waals surface area contributed by atoms with Crippen molar-refractivity contribution < 1.29 is 4.42 Å². The number of aromatic nitrogens is 1. The van der Waals surface area contributed by atoms with Crippen molar-refractivity contribution >= 4 is 94.3 Å². The van der Waals surface area contributed by atoms with Gasteiger partial charge in [0.25, 0.3) is 0 Å². The van der Waals surface area contributed by atoms with Crippen molar-refractivity contribution in [2.75, 3.05) is 4.90 Å². The first-order valence-corrected chi connectivity index (χ1v) is 16.9. The lowest BCUT2D eigenvalue weighted by Gasteiger charge is -2.25. The van der Waals surface area contributed by atoms with Gasteiger partial charge in [0.15, 0.2) is 0 Å². The predicted molar refractivity (Wildman–Crippen MR) is 207 cm³/mol. The molecular formula is C44H30N2OS. The minimum Gasteiger partial charge on any atom is -0.455 e. The molecule has 4 heteroatoms. The minimum atomic E-state index is 0.896. The fourth-order valence-electron chi connectivity index (χ4n) is 6.98. The van der Waals surface area contributed by atoms with E-state index in [1.54, 1.807) is 11.3 Å². The van der Waals surface area contributed by atoms with Gasteiger partial charge in [0.05, 0.1) is 11.2 Å². The van der Waals surface area contributed by atoms with Crippen molar-refractivity contribution in [1.82, 2.24) is 4.98 Å². The van der Waals surface area contributed by atoms with Crippen molar-refractivity contribution in [2.45, 2.75) is 6.92 Å². The molecule has 9 rings (SSSR count). The molecule has 6 aromatic carbocycles. The van der Waals surface area contributed by atoms with Crippen LogP contribution in [0.1, 0.15) is 17.4 Å². The SMILES string of the molecule is C=Cc1c(/C=C\C)sc2cc(N(c3ccccc3)c3ccc(-c4nc5ccccc5c5c4ccc4c6ccccc6oc45)cc3)ccc12. The van der Waals surface area contributed by atoms with E-state index >= 15 is 0 Å². The Kier molecular flexibility index (Phi) is 6.70. The maximum absolute atomic E-state index is 6.53. The van der Waals surface area contributed by atoms with Crippen LogP contribution in [0.25, 0.3) is 77.1 Å². The van der Waals surface area contributed by atoms with E-state index < -0.39 is 0 Å². The molecule has 9 aromatic rings. The van der Waals surface area contributed by atoms with Crippen LogP contribution >= 0.6 is 11.3 Å². The van der Waals surface area contributed by atoms with E-state index in [0.717, 1.165) is 71.9 Å². The molecule has 0 fully saturated rings. The van der Waals surface area contributed by atoms with E-state index in [1.807, 2.05) is 18.2 Å². The van der Waals surface area contributed by atoms with Crippen LogP contribution in [0.5, 0.6) is 0 Å². The fourth-order valence-corrected chi connectivity index (χ4v) is 8.19. The van der Waals surface area contributed by atoms with Crippen LogP contribution in [-0.2, 0) is 0 Å². The summed E-state index contributed by atoms with van der Waals surface area (Å²) < 4.78 is 7.76. The zero-order valence-electron chi connectivity index (χ0n) is 26.4. The van der Waals surface area contributed by atoms with Crippen LogP contribution in [0.4, 0.5) is 17.1 Å². The molecule has 3 aromatic heterocycles. The number of nitrogens with zero attached hydrogens (tertiary/aromatic N) is 2. The monoisotopic (exact) mass is 634 g/mol. The third-order valence-electron chi connectivity index (χ3n) is 9.14. The highest BCUT2D eigenvalue weighted by molar-refractivity contribution is 7.20. The number of thiophene rings is 1. The maximum Gasteiger partial charge on any atom is 0.144 e. The van der Waals surface area contributed by atoms with Crippen LogP contribution in [0.15, 0.2) is 151 Å². The standard InChI is InChI=1S/C44H30N2OS/c1-3-12-40-32(4-2)34-24-23-31(27-41(34)48-40)46(29-13-6-5-7-14-29)30-21-19-28(20-22-30)43-37-26-25-35-33-15-9-11-18-39(33)47-44(35)42(37)36-16-8-10-17-38(36)45-43/h3-27H,2H2,1H3/b12-3-. The molecule has 0 N–H and O–H groups in total. The van der Waals surface area contributed by atoms with Crippen molar-refractivity contribution in [3.63, 3.8) is 0 Å². The number of anilines is 3. The van der Waals surface area contributed by atoms with Crippen molar-refractivity contribution in [2.24, 2.45) is 0 Å². The Morgan fingerprint density at radius 1 is 0.667 bits per heavy atom. The third-order valence-corrected chi connectivity index (χ3v) is 10.3. The highest BCUT2D eigenvalue weighted by Gasteiger charge is 2.19. The number of hydrogen-bond acceptors (Lipinski definition) is 4. The average molecular weight is 635 g/mol. The quantitative estimate of drug-likeness (QED) is 0.170. The van der Waals surface area contributed by atoms with Gasteiger partial charge < -0.3 is 9.32 Å². The first-order chi connectivity index (χ1) is 23.7. The number of hydrogen-bond donors (Lipinski definition) is 0. The van der Waals surface area contributed by atoms with Crippen LogP contribution in [-0.4, -0.2) is 4.98 Å². The van der Waals surface area contributed by atoms with E-state index in [9.17, 15) is 0 Å². The third kappa shape index (κ3) is 4.45. The van der Waals surface area contributed by atoms with E-state index in [4.69, 9.17) is 9.40 Å². The molecule has 0 aliphatic rings. The Morgan fingerprint density at radius 3 is 2.17 bits per heavy atom. The number of benzene rings is 6. The number of fused-ring (bicyclic) bond motifs is 8. The van der Waals surface area contributed by atoms with Gasteiger partial charge in [-0.05, 0) is 73.2 Å². The summed E-state index contributed by atoms with van der Waals surface area (Å²) in [7, 11) is 0. The summed E-state index contributed by atoms with van der Waals surface area (Å²) >= 11 is 1.80. The number of rotatable bonds is 6. The molecule has 0 unspecified atom stereocenters. The van der Waals surface area contributed by atoms with Crippen molar-refractivity contribution in [3.05, 3.63) is 157 Å². The molecule has 0 spiro atoms. The van der Waals surface area contributed by atoms with Gasteiger partial charge in [0.2, 0.25) is 0 Å². The molecule has 228 valence electrons. The summed E-state index contributed by atoms with van der Waals surface area (Å²) in [6.45, 7) is 6.15. The normalized spacial score (nSPS) is 11.9. The van der Waals surface area contributed by atoms with Crippen molar-refractivity contribution in [3.8, 4) is 11.3 Å². The lowest BCUT2D eigenvalue weighted by atomic mass is 9.97. The molecule has 48 heavy (non-hydrogen) atoms. The first kappa shape index (κ1) is 28.3. The molecule has 0 atom stereocenters. The van der Waals surface area contributed by atoms with Gasteiger partial charge in [-0.3, -0.25) is 0 Å². The lowest BCUT2D eigenvalue weighted by Crippen LogP contribution is -2.09. The Labute approximate surface area is 282 Å². The van der Waals surface area contributed by atoms with Gasteiger partial charge in [0, 0.05) is 64.5 Å². The molecule has 0 saturated heterocycles. The second kappa shape index (κ2) is 11.4. The highest BCUT2D eigenvalue weighted by Crippen LogP contribution is 2.43. The van der Waals surface area contributed by atoms with Crippen LogP contribution in [0.3, 0.4) is 0 Å². The lowest BCUT2D eigenvalue weighted by molar-refractivity contribution is 0.673. The Bertz CT molecular complexity index is 2700. The second-order valence-electron chi connectivity index (χ2n) is 11.9. The summed E-state index contributed by atoms with van der Waals surface area (Å²) in [4.78, 5) is 8.77. The van der Waals surface area contributed by atoms with Crippen LogP contribution < -0.4 is 4.90 Å². The molecule has 0 saturated carbocycles. The summed E-state index contributed by atoms with van der Waals surface area (Å²) in [5.41, 5.74) is 9.20. The molecule has 0 amide bonds. The fraction of sp³-hybridized carbons (Fsp3) is 0.0227. The van der Waals surface area contributed by atoms with E-state index in [1.165, 1.54) is 20.5 Å². The van der Waals surface area contributed by atoms with E-state index in [2.05, 4.69) is 152 Å². The van der Waals surface area contributed by atoms with Gasteiger partial charge in [-0.15, -0.1) is 11.3 Å². The summed E-state index contributed by atoms with van der Waals surface area (Å²) in [6, 6.07) is 47.0. The van der Waals surface area contributed by atoms with Crippen molar-refractivity contribution in [1.29, 1.82) is 0 Å². The van der Waals surface area contributed by atoms with Crippen LogP contribution in [0, 0.1) is 0 Å². The Hall–Kier alpha value is -5.97. The zero-order valence-corrected chi connectivity index (χ0v) is 27.2. The Balaban J connectivity index is 1.21. The zero-order chi connectivity index (χ0) is 32.2. The summed E-state index contributed by atoms with van der Waals surface area (Å²) in [6.07, 6.45) is 6.22. The van der Waals surface area contributed by atoms with E-state index in [0.29, 0.717) is 0 Å². The molecule has 0 aliphatic heterocycles. The smallest absolute Gasteiger partial charge is 0.144 e. The van der Waals surface area contributed by atoms with Gasteiger partial charge in [-0.2, -0.15) is 0 Å². The van der Waals surface area contributed by atoms with Gasteiger partial charge in [-0.1, -0.05) is 97.6 Å². The maximum atomic E-state index is 6.53. The van der Waals surface area contributed by atoms with Gasteiger partial charge in [0.1, 0.15) is 11.2 Å². The topological polar surface area (TPSA) is 29.3 Å². The van der Waals surface area contributed by atoms with Gasteiger partial charge >= 0.3 is 0 Å². The summed E-state index contributed by atoms with van der Waals surface area (Å²) in [5.74, 6) is 0. The largest absolute Gasteiger partial charge is 0.455 e. The molecule has 3 heterocycles. The highest BCUT2D eigenvalue weighted by atomic mass is 32.1. The van der Waals surface area contributed by atoms with Gasteiger partial charge in [-0.25, -0.2) is 4.98 Å². The number of allylic oxidation sites excluding steroid dienone is 1. The number of para-hydroxylation sites is 3. The average Bonchev–Trinajstić information content (AvgIpc) is 3.69. The molecule has 0 aliphatic carbocycles. The molecule has 0 bridgehead atoms. The van der Waals surface area contributed by atoms with E-state index in [-0.39, 0.29) is 0 Å². The summed E-state index contributed by atoms with van der Waals surface area (Å²) in [5, 5.41) is 6.74. The minimum absolute atomic E-state index is 0.896.